The van der Waals surface area contributed by atoms with Gasteiger partial charge in [-0.05, 0) is 12.1 Å². The highest BCUT2D eigenvalue weighted by Gasteiger charge is 2.14. The van der Waals surface area contributed by atoms with E-state index in [0.717, 1.165) is 24.3 Å². The van der Waals surface area contributed by atoms with Crippen LogP contribution in [0, 0.1) is 0 Å². The molecule has 25 heavy (non-hydrogen) atoms. The Hall–Kier alpha value is -3.07. The van der Waals surface area contributed by atoms with Gasteiger partial charge in [0.05, 0.1) is 30.7 Å². The van der Waals surface area contributed by atoms with Gasteiger partial charge in [0.1, 0.15) is 6.54 Å². The van der Waals surface area contributed by atoms with E-state index in [1.807, 2.05) is 6.07 Å². The first kappa shape index (κ1) is 15.5. The summed E-state index contributed by atoms with van der Waals surface area (Å²) in [5.74, 6) is 0.675. The van der Waals surface area contributed by atoms with Gasteiger partial charge >= 0.3 is 0 Å². The van der Waals surface area contributed by atoms with Crippen LogP contribution in [-0.4, -0.2) is 51.3 Å². The van der Waals surface area contributed by atoms with Gasteiger partial charge in [0.25, 0.3) is 5.56 Å². The zero-order valence-electron chi connectivity index (χ0n) is 13.4. The van der Waals surface area contributed by atoms with Crippen LogP contribution in [0.5, 0.6) is 0 Å². The molecule has 0 saturated carbocycles. The first-order valence-corrected chi connectivity index (χ1v) is 7.92. The van der Waals surface area contributed by atoms with Crippen molar-refractivity contribution < 1.29 is 9.15 Å². The van der Waals surface area contributed by atoms with Gasteiger partial charge in [-0.15, -0.1) is 10.2 Å². The number of hydrogen-bond acceptors (Lipinski definition) is 8. The van der Waals surface area contributed by atoms with Crippen LogP contribution in [-0.2, 0) is 11.3 Å². The molecule has 9 nitrogen and oxygen atoms in total. The van der Waals surface area contributed by atoms with Crippen molar-refractivity contribution in [3.05, 3.63) is 53.0 Å². The fourth-order valence-corrected chi connectivity index (χ4v) is 2.59. The molecule has 1 fully saturated rings. The number of morpholine rings is 1. The topological polar surface area (TPSA) is 99.2 Å². The molecule has 4 rings (SSSR count). The van der Waals surface area contributed by atoms with Crippen molar-refractivity contribution in [1.29, 1.82) is 0 Å². The van der Waals surface area contributed by atoms with E-state index in [9.17, 15) is 4.79 Å². The highest BCUT2D eigenvalue weighted by Crippen LogP contribution is 2.16. The van der Waals surface area contributed by atoms with Crippen LogP contribution in [0.4, 0.5) is 5.69 Å². The predicted molar refractivity (Wildman–Crippen MR) is 88.2 cm³/mol. The number of nitrogens with zero attached hydrogens (tertiary/aromatic N) is 6. The normalized spacial score (nSPS) is 14.6. The maximum atomic E-state index is 12.3. The molecule has 0 spiro atoms. The maximum Gasteiger partial charge on any atom is 0.269 e. The fourth-order valence-electron chi connectivity index (χ4n) is 2.59. The molecule has 3 aromatic rings. The Bertz CT molecular complexity index is 901. The highest BCUT2D eigenvalue weighted by molar-refractivity contribution is 5.49. The smallest absolute Gasteiger partial charge is 0.269 e. The van der Waals surface area contributed by atoms with Gasteiger partial charge in [-0.1, -0.05) is 0 Å². The number of rotatable bonds is 4. The molecule has 0 aliphatic carbocycles. The van der Waals surface area contributed by atoms with Crippen LogP contribution in [0.15, 0.2) is 46.0 Å². The molecule has 0 radical (unpaired) electrons. The quantitative estimate of drug-likeness (QED) is 0.680. The lowest BCUT2D eigenvalue weighted by Crippen LogP contribution is -2.37. The van der Waals surface area contributed by atoms with Crippen LogP contribution in [0.1, 0.15) is 5.89 Å². The summed E-state index contributed by atoms with van der Waals surface area (Å²) in [4.78, 5) is 18.4. The molecule has 128 valence electrons. The van der Waals surface area contributed by atoms with Crippen molar-refractivity contribution in [1.82, 2.24) is 25.0 Å². The van der Waals surface area contributed by atoms with Crippen molar-refractivity contribution in [2.45, 2.75) is 6.54 Å². The third-order valence-corrected chi connectivity index (χ3v) is 3.89. The molecule has 1 aliphatic heterocycles. The second-order valence-electron chi connectivity index (χ2n) is 5.55. The molecule has 0 atom stereocenters. The second-order valence-corrected chi connectivity index (χ2v) is 5.55. The minimum atomic E-state index is -0.217. The summed E-state index contributed by atoms with van der Waals surface area (Å²) in [6.45, 7) is 2.94. The van der Waals surface area contributed by atoms with Crippen molar-refractivity contribution in [2.24, 2.45) is 0 Å². The van der Waals surface area contributed by atoms with Crippen molar-refractivity contribution in [2.75, 3.05) is 31.2 Å². The number of aromatic nitrogens is 5. The number of hydrogen-bond donors (Lipinski definition) is 0. The largest absolute Gasteiger partial charge is 0.419 e. The van der Waals surface area contributed by atoms with Gasteiger partial charge in [-0.2, -0.15) is 5.10 Å². The Morgan fingerprint density at radius 3 is 2.80 bits per heavy atom. The van der Waals surface area contributed by atoms with Gasteiger partial charge in [0.2, 0.25) is 11.8 Å². The molecule has 0 bridgehead atoms. The molecule has 0 unspecified atom stereocenters. The lowest BCUT2D eigenvalue weighted by Gasteiger charge is -2.28. The third-order valence-electron chi connectivity index (χ3n) is 3.89. The highest BCUT2D eigenvalue weighted by atomic mass is 16.5. The van der Waals surface area contributed by atoms with Crippen LogP contribution in [0.2, 0.25) is 0 Å². The van der Waals surface area contributed by atoms with Crippen LogP contribution in [0.3, 0.4) is 0 Å². The van der Waals surface area contributed by atoms with E-state index in [2.05, 4.69) is 25.2 Å². The molecule has 4 heterocycles. The minimum absolute atomic E-state index is 0.121. The first-order valence-electron chi connectivity index (χ1n) is 7.92. The Kier molecular flexibility index (Phi) is 4.21. The molecule has 0 amide bonds. The summed E-state index contributed by atoms with van der Waals surface area (Å²) in [5.41, 5.74) is 1.31. The lowest BCUT2D eigenvalue weighted by molar-refractivity contribution is 0.122. The summed E-state index contributed by atoms with van der Waals surface area (Å²) in [6, 6.07) is 5.18. The molecular formula is C16H16N6O3. The number of ether oxygens (including phenoxy) is 1. The maximum absolute atomic E-state index is 12.3. The monoisotopic (exact) mass is 340 g/mol. The van der Waals surface area contributed by atoms with Crippen LogP contribution < -0.4 is 10.5 Å². The Balaban J connectivity index is 1.51. The number of anilines is 1. The van der Waals surface area contributed by atoms with E-state index in [-0.39, 0.29) is 12.1 Å². The lowest BCUT2D eigenvalue weighted by atomic mass is 10.3. The van der Waals surface area contributed by atoms with Gasteiger partial charge < -0.3 is 14.1 Å². The summed E-state index contributed by atoms with van der Waals surface area (Å²) in [7, 11) is 0. The van der Waals surface area contributed by atoms with Gasteiger partial charge in [-0.25, -0.2) is 4.68 Å². The summed E-state index contributed by atoms with van der Waals surface area (Å²) in [5, 5.41) is 12.2. The van der Waals surface area contributed by atoms with E-state index in [4.69, 9.17) is 9.15 Å². The second kappa shape index (κ2) is 6.81. The molecule has 9 heteroatoms. The van der Waals surface area contributed by atoms with E-state index in [0.29, 0.717) is 25.0 Å². The summed E-state index contributed by atoms with van der Waals surface area (Å²) < 4.78 is 12.2. The van der Waals surface area contributed by atoms with Crippen molar-refractivity contribution in [3.8, 4) is 11.5 Å². The summed E-state index contributed by atoms with van der Waals surface area (Å²) >= 11 is 0. The van der Waals surface area contributed by atoms with Crippen LogP contribution in [0.25, 0.3) is 11.5 Å². The molecule has 0 aromatic carbocycles. The third kappa shape index (κ3) is 3.41. The molecule has 1 aliphatic rings. The molecule has 0 N–H and O–H groups in total. The van der Waals surface area contributed by atoms with Crippen molar-refractivity contribution in [3.63, 3.8) is 0 Å². The predicted octanol–water partition coefficient (Wildman–Crippen LogP) is 0.573. The van der Waals surface area contributed by atoms with E-state index in [1.54, 1.807) is 30.7 Å². The minimum Gasteiger partial charge on any atom is -0.419 e. The molecule has 1 saturated heterocycles. The van der Waals surface area contributed by atoms with Crippen LogP contribution >= 0.6 is 0 Å². The van der Waals surface area contributed by atoms with Gasteiger partial charge in [0, 0.05) is 31.5 Å². The van der Waals surface area contributed by atoms with Gasteiger partial charge in [0.15, 0.2) is 0 Å². The van der Waals surface area contributed by atoms with E-state index in [1.165, 1.54) is 4.68 Å². The first-order chi connectivity index (χ1) is 12.3. The van der Waals surface area contributed by atoms with Crippen molar-refractivity contribution >= 4 is 5.69 Å². The fraction of sp³-hybridized carbons (Fsp3) is 0.312. The molecule has 3 aromatic heterocycles. The average molecular weight is 340 g/mol. The average Bonchev–Trinajstić information content (AvgIpc) is 3.13. The molecular weight excluding hydrogens is 324 g/mol. The standard InChI is InChI=1S/C16H16N6O3/c23-15-8-13(21-4-6-24-7-5-21)10-18-22(15)11-14-19-20-16(25-14)12-2-1-3-17-9-12/h1-3,8-10H,4-7,11H2. The Morgan fingerprint density at radius 2 is 2.04 bits per heavy atom. The van der Waals surface area contributed by atoms with E-state index < -0.39 is 0 Å². The van der Waals surface area contributed by atoms with Gasteiger partial charge in [-0.3, -0.25) is 9.78 Å². The SMILES string of the molecule is O=c1cc(N2CCOCC2)cnn1Cc1nnc(-c2cccnc2)o1. The number of pyridine rings is 1. The zero-order valence-corrected chi connectivity index (χ0v) is 13.4. The Morgan fingerprint density at radius 1 is 1.16 bits per heavy atom. The summed E-state index contributed by atoms with van der Waals surface area (Å²) in [6.07, 6.45) is 4.98. The van der Waals surface area contributed by atoms with E-state index >= 15 is 0 Å². The Labute approximate surface area is 142 Å². The zero-order chi connectivity index (χ0) is 17.1.